The summed E-state index contributed by atoms with van der Waals surface area (Å²) in [5.41, 5.74) is 6.84. The lowest BCUT2D eigenvalue weighted by molar-refractivity contribution is 0.0953. The van der Waals surface area contributed by atoms with Crippen molar-refractivity contribution in [1.82, 2.24) is 20.5 Å². The van der Waals surface area contributed by atoms with Crippen molar-refractivity contribution in [3.05, 3.63) is 40.4 Å². The number of H-pyrrole nitrogens is 1. The summed E-state index contributed by atoms with van der Waals surface area (Å²) in [6, 6.07) is 5.14. The Bertz CT molecular complexity index is 555. The van der Waals surface area contributed by atoms with Crippen LogP contribution in [0.5, 0.6) is 0 Å². The molecule has 0 aliphatic heterocycles. The van der Waals surface area contributed by atoms with E-state index in [4.69, 9.17) is 5.73 Å². The van der Waals surface area contributed by atoms with Crippen LogP contribution >= 0.6 is 15.9 Å². The number of nitrogen functional groups attached to an aromatic ring is 1. The molecule has 0 saturated carbocycles. The Morgan fingerprint density at radius 3 is 3.00 bits per heavy atom. The third-order valence-corrected chi connectivity index (χ3v) is 3.32. The fourth-order valence-electron chi connectivity index (χ4n) is 1.60. The van der Waals surface area contributed by atoms with Gasteiger partial charge in [-0.2, -0.15) is 5.10 Å². The third-order valence-electron chi connectivity index (χ3n) is 2.60. The number of aromatic amines is 1. The van der Waals surface area contributed by atoms with E-state index in [9.17, 15) is 4.79 Å². The molecular formula is C12H14BrN5O. The Balaban J connectivity index is 1.79. The molecule has 1 aromatic heterocycles. The van der Waals surface area contributed by atoms with E-state index in [0.717, 1.165) is 23.1 Å². The van der Waals surface area contributed by atoms with Crippen LogP contribution in [0.3, 0.4) is 0 Å². The number of nitrogens with zero attached hydrogens (tertiary/aromatic N) is 2. The first-order valence-corrected chi connectivity index (χ1v) is 6.63. The maximum atomic E-state index is 11.9. The lowest BCUT2D eigenvalue weighted by Crippen LogP contribution is -2.24. The zero-order valence-electron chi connectivity index (χ0n) is 10.2. The van der Waals surface area contributed by atoms with E-state index < -0.39 is 0 Å². The van der Waals surface area contributed by atoms with Gasteiger partial charge in [-0.25, -0.2) is 4.98 Å². The Morgan fingerprint density at radius 1 is 1.47 bits per heavy atom. The fraction of sp³-hybridized carbons (Fsp3) is 0.250. The number of nitrogens with two attached hydrogens (primary N) is 1. The maximum Gasteiger partial charge on any atom is 0.251 e. The minimum absolute atomic E-state index is 0.128. The van der Waals surface area contributed by atoms with Crippen molar-refractivity contribution < 1.29 is 4.79 Å². The first-order valence-electron chi connectivity index (χ1n) is 5.84. The number of hydrogen-bond donors (Lipinski definition) is 3. The molecule has 6 nitrogen and oxygen atoms in total. The number of carbonyl (C=O) groups is 1. The highest BCUT2D eigenvalue weighted by atomic mass is 79.9. The molecule has 1 aromatic carbocycles. The van der Waals surface area contributed by atoms with Crippen LogP contribution in [0, 0.1) is 0 Å². The molecule has 0 saturated heterocycles. The molecule has 2 aromatic rings. The van der Waals surface area contributed by atoms with Crippen LogP contribution in [0.4, 0.5) is 5.69 Å². The van der Waals surface area contributed by atoms with Crippen molar-refractivity contribution >= 4 is 27.5 Å². The van der Waals surface area contributed by atoms with Crippen molar-refractivity contribution in [1.29, 1.82) is 0 Å². The van der Waals surface area contributed by atoms with E-state index in [0.29, 0.717) is 17.8 Å². The number of aryl methyl sites for hydroxylation is 1. The summed E-state index contributed by atoms with van der Waals surface area (Å²) >= 11 is 3.29. The van der Waals surface area contributed by atoms with Crippen LogP contribution in [-0.2, 0) is 6.42 Å². The van der Waals surface area contributed by atoms with Crippen LogP contribution in [0.2, 0.25) is 0 Å². The van der Waals surface area contributed by atoms with Crippen molar-refractivity contribution in [2.75, 3.05) is 12.3 Å². The summed E-state index contributed by atoms with van der Waals surface area (Å²) in [5, 5.41) is 9.37. The van der Waals surface area contributed by atoms with E-state index in [1.54, 1.807) is 18.2 Å². The molecule has 7 heteroatoms. The summed E-state index contributed by atoms with van der Waals surface area (Å²) in [4.78, 5) is 15.9. The van der Waals surface area contributed by atoms with Crippen LogP contribution < -0.4 is 11.1 Å². The maximum absolute atomic E-state index is 11.9. The zero-order valence-corrected chi connectivity index (χ0v) is 11.8. The molecule has 0 radical (unpaired) electrons. The quantitative estimate of drug-likeness (QED) is 0.574. The smallest absolute Gasteiger partial charge is 0.251 e. The molecule has 4 N–H and O–H groups in total. The van der Waals surface area contributed by atoms with Crippen LogP contribution in [0.1, 0.15) is 22.6 Å². The zero-order chi connectivity index (χ0) is 13.7. The summed E-state index contributed by atoms with van der Waals surface area (Å²) in [6.45, 7) is 0.579. The van der Waals surface area contributed by atoms with Gasteiger partial charge in [-0.1, -0.05) is 0 Å². The SMILES string of the molecule is Nc1cc(C(=O)NCCCc2ncn[nH]2)ccc1Br. The van der Waals surface area contributed by atoms with Crippen LogP contribution in [0.25, 0.3) is 0 Å². The largest absolute Gasteiger partial charge is 0.398 e. The summed E-state index contributed by atoms with van der Waals surface area (Å²) in [7, 11) is 0. The Hall–Kier alpha value is -1.89. The highest BCUT2D eigenvalue weighted by Gasteiger charge is 2.06. The van der Waals surface area contributed by atoms with Gasteiger partial charge in [0.1, 0.15) is 12.2 Å². The molecule has 2 rings (SSSR count). The number of nitrogens with one attached hydrogen (secondary N) is 2. The van der Waals surface area contributed by atoms with Crippen LogP contribution in [-0.4, -0.2) is 27.6 Å². The van der Waals surface area contributed by atoms with Gasteiger partial charge in [0.2, 0.25) is 0 Å². The number of anilines is 1. The number of amides is 1. The summed E-state index contributed by atoms with van der Waals surface area (Å²) < 4.78 is 0.786. The van der Waals surface area contributed by atoms with Gasteiger partial charge in [0.25, 0.3) is 5.91 Å². The molecule has 0 bridgehead atoms. The summed E-state index contributed by atoms with van der Waals surface area (Å²) in [6.07, 6.45) is 3.02. The molecule has 1 amide bonds. The van der Waals surface area contributed by atoms with Crippen molar-refractivity contribution in [3.63, 3.8) is 0 Å². The van der Waals surface area contributed by atoms with E-state index in [2.05, 4.69) is 36.4 Å². The Labute approximate surface area is 118 Å². The van der Waals surface area contributed by atoms with Gasteiger partial charge in [0.05, 0.1) is 0 Å². The standard InChI is InChI=1S/C12H14BrN5O/c13-9-4-3-8(6-10(9)14)12(19)15-5-1-2-11-16-7-17-18-11/h3-4,6-7H,1-2,5,14H2,(H,15,19)(H,16,17,18). The minimum atomic E-state index is -0.128. The molecule has 0 spiro atoms. The number of rotatable bonds is 5. The molecule has 1 heterocycles. The third kappa shape index (κ3) is 3.78. The molecule has 100 valence electrons. The second kappa shape index (κ2) is 6.33. The fourth-order valence-corrected chi connectivity index (χ4v) is 1.84. The van der Waals surface area contributed by atoms with Gasteiger partial charge in [-0.3, -0.25) is 9.89 Å². The average Bonchev–Trinajstić information content (AvgIpc) is 2.91. The number of aromatic nitrogens is 3. The Kier molecular flexibility index (Phi) is 4.51. The van der Waals surface area contributed by atoms with E-state index >= 15 is 0 Å². The molecule has 19 heavy (non-hydrogen) atoms. The van der Waals surface area contributed by atoms with Gasteiger partial charge >= 0.3 is 0 Å². The normalized spacial score (nSPS) is 10.4. The van der Waals surface area contributed by atoms with E-state index in [1.807, 2.05) is 0 Å². The van der Waals surface area contributed by atoms with Gasteiger partial charge in [0.15, 0.2) is 0 Å². The summed E-state index contributed by atoms with van der Waals surface area (Å²) in [5.74, 6) is 0.693. The number of benzene rings is 1. The number of halogens is 1. The lowest BCUT2D eigenvalue weighted by atomic mass is 10.2. The lowest BCUT2D eigenvalue weighted by Gasteiger charge is -2.06. The topological polar surface area (TPSA) is 96.7 Å². The second-order valence-electron chi connectivity index (χ2n) is 4.03. The first kappa shape index (κ1) is 13.5. The van der Waals surface area contributed by atoms with Gasteiger partial charge in [-0.15, -0.1) is 0 Å². The molecular weight excluding hydrogens is 310 g/mol. The van der Waals surface area contributed by atoms with Crippen molar-refractivity contribution in [2.24, 2.45) is 0 Å². The van der Waals surface area contributed by atoms with E-state index in [1.165, 1.54) is 6.33 Å². The predicted octanol–water partition coefficient (Wildman–Crippen LogP) is 1.51. The first-order chi connectivity index (χ1) is 9.16. The average molecular weight is 324 g/mol. The van der Waals surface area contributed by atoms with Gasteiger partial charge < -0.3 is 11.1 Å². The van der Waals surface area contributed by atoms with Crippen molar-refractivity contribution in [2.45, 2.75) is 12.8 Å². The molecule has 0 aliphatic rings. The molecule has 0 fully saturated rings. The van der Waals surface area contributed by atoms with Crippen LogP contribution in [0.15, 0.2) is 29.0 Å². The Morgan fingerprint density at radius 2 is 2.32 bits per heavy atom. The predicted molar refractivity (Wildman–Crippen MR) is 75.6 cm³/mol. The molecule has 0 aliphatic carbocycles. The number of hydrogen-bond acceptors (Lipinski definition) is 4. The van der Waals surface area contributed by atoms with Gasteiger partial charge in [-0.05, 0) is 40.5 Å². The highest BCUT2D eigenvalue weighted by molar-refractivity contribution is 9.10. The van der Waals surface area contributed by atoms with Crippen molar-refractivity contribution in [3.8, 4) is 0 Å². The minimum Gasteiger partial charge on any atom is -0.398 e. The van der Waals surface area contributed by atoms with Gasteiger partial charge in [0, 0.05) is 28.7 Å². The van der Waals surface area contributed by atoms with E-state index in [-0.39, 0.29) is 5.91 Å². The second-order valence-corrected chi connectivity index (χ2v) is 4.88. The highest BCUT2D eigenvalue weighted by Crippen LogP contribution is 2.20. The number of carbonyl (C=O) groups excluding carboxylic acids is 1. The molecule has 0 atom stereocenters. The monoisotopic (exact) mass is 323 g/mol. The molecule has 0 unspecified atom stereocenters.